The number of aromatic nitrogens is 2. The fourth-order valence-corrected chi connectivity index (χ4v) is 2.53. The minimum absolute atomic E-state index is 0.238. The molecule has 0 bridgehead atoms. The fraction of sp³-hybridized carbons (Fsp3) is 0.158. The first-order valence-electron chi connectivity index (χ1n) is 8.32. The summed E-state index contributed by atoms with van der Waals surface area (Å²) in [5, 5.41) is 5.30. The van der Waals surface area contributed by atoms with Crippen LogP contribution in [-0.4, -0.2) is 28.5 Å². The fourth-order valence-electron chi connectivity index (χ4n) is 2.53. The summed E-state index contributed by atoms with van der Waals surface area (Å²) in [6.07, 6.45) is 2.77. The first-order valence-corrected chi connectivity index (χ1v) is 8.32. The van der Waals surface area contributed by atoms with Crippen molar-refractivity contribution >= 4 is 23.2 Å². The molecule has 1 aromatic carbocycles. The summed E-state index contributed by atoms with van der Waals surface area (Å²) in [5.74, 6) is 0.193. The molecule has 0 aliphatic heterocycles. The molecule has 0 saturated carbocycles. The highest BCUT2D eigenvalue weighted by atomic mass is 16.5. The second kappa shape index (κ2) is 8.21. The number of rotatable bonds is 6. The van der Waals surface area contributed by atoms with Gasteiger partial charge >= 0.3 is 0 Å². The van der Waals surface area contributed by atoms with Crippen LogP contribution in [0.15, 0.2) is 58.2 Å². The number of furan rings is 1. The Morgan fingerprint density at radius 2 is 2.04 bits per heavy atom. The van der Waals surface area contributed by atoms with Gasteiger partial charge in [0.2, 0.25) is 11.8 Å². The molecule has 0 aliphatic rings. The van der Waals surface area contributed by atoms with E-state index in [1.165, 1.54) is 37.3 Å². The number of hydrogen-bond acceptors (Lipinski definition) is 6. The van der Waals surface area contributed by atoms with Crippen LogP contribution in [0.5, 0.6) is 5.75 Å². The van der Waals surface area contributed by atoms with Crippen molar-refractivity contribution in [3.05, 3.63) is 59.3 Å². The van der Waals surface area contributed by atoms with Crippen molar-refractivity contribution in [1.82, 2.24) is 9.55 Å². The molecule has 2 aromatic heterocycles. The average molecular weight is 382 g/mol. The second-order valence-corrected chi connectivity index (χ2v) is 5.86. The second-order valence-electron chi connectivity index (χ2n) is 5.86. The van der Waals surface area contributed by atoms with Gasteiger partial charge in [-0.1, -0.05) is 0 Å². The maximum absolute atomic E-state index is 12.4. The predicted octanol–water partition coefficient (Wildman–Crippen LogP) is 2.11. The van der Waals surface area contributed by atoms with Crippen molar-refractivity contribution in [2.75, 3.05) is 17.7 Å². The number of ether oxygens (including phenoxy) is 1. The number of methoxy groups -OCH3 is 1. The van der Waals surface area contributed by atoms with Gasteiger partial charge in [-0.25, -0.2) is 4.98 Å². The van der Waals surface area contributed by atoms with Crippen molar-refractivity contribution in [3.8, 4) is 17.2 Å². The molecule has 2 heterocycles. The third kappa shape index (κ3) is 4.44. The highest BCUT2D eigenvalue weighted by molar-refractivity contribution is 5.94. The van der Waals surface area contributed by atoms with Crippen molar-refractivity contribution in [3.63, 3.8) is 0 Å². The maximum atomic E-state index is 12.4. The summed E-state index contributed by atoms with van der Waals surface area (Å²) in [4.78, 5) is 40.0. The van der Waals surface area contributed by atoms with E-state index in [1.807, 2.05) is 0 Å². The SMILES string of the molecule is COc1ccc(NC(C)=O)cc1NC(=O)Cn1cnc(-c2ccco2)cc1=O. The topological polar surface area (TPSA) is 115 Å². The first-order chi connectivity index (χ1) is 13.5. The Hall–Kier alpha value is -3.88. The van der Waals surface area contributed by atoms with Gasteiger partial charge < -0.3 is 19.8 Å². The Morgan fingerprint density at radius 3 is 2.68 bits per heavy atom. The molecule has 2 N–H and O–H groups in total. The normalized spacial score (nSPS) is 10.4. The van der Waals surface area contributed by atoms with Crippen LogP contribution in [0.25, 0.3) is 11.5 Å². The van der Waals surface area contributed by atoms with Crippen LogP contribution in [0.3, 0.4) is 0 Å². The van der Waals surface area contributed by atoms with E-state index in [1.54, 1.807) is 30.3 Å². The standard InChI is InChI=1S/C19H18N4O5/c1-12(24)21-13-5-6-16(27-2)15(8-13)22-18(25)10-23-11-20-14(9-19(23)26)17-4-3-7-28-17/h3-9,11H,10H2,1-2H3,(H,21,24)(H,22,25). The van der Waals surface area contributed by atoms with Gasteiger partial charge in [0.25, 0.3) is 5.56 Å². The molecular formula is C19H18N4O5. The molecule has 0 unspecified atom stereocenters. The molecule has 3 aromatic rings. The van der Waals surface area contributed by atoms with Gasteiger partial charge in [0.1, 0.15) is 18.0 Å². The highest BCUT2D eigenvalue weighted by Gasteiger charge is 2.12. The van der Waals surface area contributed by atoms with E-state index >= 15 is 0 Å². The number of amides is 2. The number of nitrogens with zero attached hydrogens (tertiary/aromatic N) is 2. The summed E-state index contributed by atoms with van der Waals surface area (Å²) in [6, 6.07) is 9.51. The quantitative estimate of drug-likeness (QED) is 0.675. The lowest BCUT2D eigenvalue weighted by molar-refractivity contribution is -0.117. The Labute approximate surface area is 160 Å². The third-order valence-corrected chi connectivity index (χ3v) is 3.76. The molecule has 0 fully saturated rings. The molecule has 2 amide bonds. The number of benzene rings is 1. The van der Waals surface area contributed by atoms with Crippen LogP contribution in [0, 0.1) is 0 Å². The van der Waals surface area contributed by atoms with Gasteiger partial charge in [0.05, 0.1) is 25.4 Å². The summed E-state index contributed by atoms with van der Waals surface area (Å²) < 4.78 is 11.6. The van der Waals surface area contributed by atoms with Gasteiger partial charge in [0, 0.05) is 18.7 Å². The maximum Gasteiger partial charge on any atom is 0.254 e. The first kappa shape index (κ1) is 18.9. The molecule has 0 saturated heterocycles. The predicted molar refractivity (Wildman–Crippen MR) is 102 cm³/mol. The number of anilines is 2. The monoisotopic (exact) mass is 382 g/mol. The molecule has 9 nitrogen and oxygen atoms in total. The van der Waals surface area contributed by atoms with E-state index in [2.05, 4.69) is 15.6 Å². The van der Waals surface area contributed by atoms with E-state index in [-0.39, 0.29) is 12.5 Å². The van der Waals surface area contributed by atoms with Crippen LogP contribution < -0.4 is 20.9 Å². The van der Waals surface area contributed by atoms with Crippen molar-refractivity contribution < 1.29 is 18.7 Å². The Kier molecular flexibility index (Phi) is 5.54. The lowest BCUT2D eigenvalue weighted by Gasteiger charge is -2.13. The van der Waals surface area contributed by atoms with Crippen LogP contribution in [-0.2, 0) is 16.1 Å². The van der Waals surface area contributed by atoms with Gasteiger partial charge in [0.15, 0.2) is 5.76 Å². The molecular weight excluding hydrogens is 364 g/mol. The molecule has 28 heavy (non-hydrogen) atoms. The summed E-state index contributed by atoms with van der Waals surface area (Å²) >= 11 is 0. The van der Waals surface area contributed by atoms with Crippen LogP contribution in [0.2, 0.25) is 0 Å². The molecule has 3 rings (SSSR count). The lowest BCUT2D eigenvalue weighted by Crippen LogP contribution is -2.27. The van der Waals surface area contributed by atoms with Crippen LogP contribution in [0.4, 0.5) is 11.4 Å². The van der Waals surface area contributed by atoms with E-state index in [0.29, 0.717) is 28.6 Å². The van der Waals surface area contributed by atoms with E-state index in [9.17, 15) is 14.4 Å². The number of hydrogen-bond donors (Lipinski definition) is 2. The van der Waals surface area contributed by atoms with Gasteiger partial charge in [-0.05, 0) is 30.3 Å². The highest BCUT2D eigenvalue weighted by Crippen LogP contribution is 2.27. The van der Waals surface area contributed by atoms with Gasteiger partial charge in [-0.2, -0.15) is 0 Å². The molecule has 9 heteroatoms. The number of carbonyl (C=O) groups excluding carboxylic acids is 2. The Morgan fingerprint density at radius 1 is 1.21 bits per heavy atom. The van der Waals surface area contributed by atoms with Gasteiger partial charge in [-0.15, -0.1) is 0 Å². The minimum atomic E-state index is -0.451. The van der Waals surface area contributed by atoms with Crippen molar-refractivity contribution in [2.45, 2.75) is 13.5 Å². The summed E-state index contributed by atoms with van der Waals surface area (Å²) in [5.41, 5.74) is 0.865. The molecule has 144 valence electrons. The molecule has 0 radical (unpaired) electrons. The van der Waals surface area contributed by atoms with Crippen molar-refractivity contribution in [1.29, 1.82) is 0 Å². The number of nitrogens with one attached hydrogen (secondary N) is 2. The van der Waals surface area contributed by atoms with E-state index in [0.717, 1.165) is 0 Å². The molecule has 0 atom stereocenters. The average Bonchev–Trinajstić information content (AvgIpc) is 3.18. The number of carbonyl (C=O) groups is 2. The zero-order valence-corrected chi connectivity index (χ0v) is 15.3. The van der Waals surface area contributed by atoms with Crippen LogP contribution >= 0.6 is 0 Å². The molecule has 0 spiro atoms. The summed E-state index contributed by atoms with van der Waals surface area (Å²) in [6.45, 7) is 1.14. The largest absolute Gasteiger partial charge is 0.495 e. The lowest BCUT2D eigenvalue weighted by atomic mass is 10.2. The van der Waals surface area contributed by atoms with Crippen molar-refractivity contribution in [2.24, 2.45) is 0 Å². The zero-order valence-electron chi connectivity index (χ0n) is 15.3. The van der Waals surface area contributed by atoms with E-state index in [4.69, 9.17) is 9.15 Å². The summed E-state index contributed by atoms with van der Waals surface area (Å²) in [7, 11) is 1.46. The minimum Gasteiger partial charge on any atom is -0.495 e. The molecule has 0 aliphatic carbocycles. The van der Waals surface area contributed by atoms with Gasteiger partial charge in [-0.3, -0.25) is 19.0 Å². The zero-order chi connectivity index (χ0) is 20.1. The Balaban J connectivity index is 1.75. The van der Waals surface area contributed by atoms with Crippen LogP contribution in [0.1, 0.15) is 6.92 Å². The smallest absolute Gasteiger partial charge is 0.254 e. The van der Waals surface area contributed by atoms with E-state index < -0.39 is 11.5 Å². The Bertz CT molecular complexity index is 1060. The third-order valence-electron chi connectivity index (χ3n) is 3.76.